The molecule has 158 valence electrons. The molecule has 1 aliphatic carbocycles. The molecular weight excluding hydrogens is 417 g/mol. The van der Waals surface area contributed by atoms with Gasteiger partial charge in [0.05, 0.1) is 5.56 Å². The van der Waals surface area contributed by atoms with Crippen LogP contribution >= 0.6 is 11.6 Å². The number of fused-ring (bicyclic) bond motifs is 2. The number of amides is 2. The van der Waals surface area contributed by atoms with Crippen LogP contribution in [0.25, 0.3) is 0 Å². The standard InChI is InChI=1S/C22H20ClF3N2O2/c23-16-2-4-17(5-3-16)27-19(29)20(30)28-11-9-21(10-12-28)8-7-14-13-15(22(24,25)26)1-6-18(14)21/h1-6,13H,7-12H2,(H,27,29). The van der Waals surface area contributed by atoms with Crippen LogP contribution in [-0.2, 0) is 27.6 Å². The van der Waals surface area contributed by atoms with E-state index in [0.29, 0.717) is 43.1 Å². The maximum Gasteiger partial charge on any atom is 0.416 e. The molecule has 1 saturated heterocycles. The number of nitrogens with one attached hydrogen (secondary N) is 1. The van der Waals surface area contributed by atoms with E-state index in [2.05, 4.69) is 5.32 Å². The van der Waals surface area contributed by atoms with Crippen LogP contribution in [0.1, 0.15) is 36.0 Å². The van der Waals surface area contributed by atoms with Crippen molar-refractivity contribution in [1.82, 2.24) is 4.90 Å². The van der Waals surface area contributed by atoms with Crippen LogP contribution in [0.15, 0.2) is 42.5 Å². The average molecular weight is 437 g/mol. The van der Waals surface area contributed by atoms with Crippen LogP contribution in [0.5, 0.6) is 0 Å². The van der Waals surface area contributed by atoms with Crippen LogP contribution in [0.4, 0.5) is 18.9 Å². The van der Waals surface area contributed by atoms with Crippen molar-refractivity contribution in [2.45, 2.75) is 37.3 Å². The molecule has 1 N–H and O–H groups in total. The molecule has 1 spiro atoms. The van der Waals surface area contributed by atoms with Crippen LogP contribution < -0.4 is 5.32 Å². The SMILES string of the molecule is O=C(Nc1ccc(Cl)cc1)C(=O)N1CCC2(CCc3cc(C(F)(F)F)ccc32)CC1. The number of nitrogens with zero attached hydrogens (tertiary/aromatic N) is 1. The molecular formula is C22H20ClF3N2O2. The molecule has 1 aliphatic heterocycles. The molecule has 1 heterocycles. The molecule has 0 radical (unpaired) electrons. The summed E-state index contributed by atoms with van der Waals surface area (Å²) in [6, 6.07) is 10.5. The number of aryl methyl sites for hydroxylation is 1. The first-order chi connectivity index (χ1) is 14.2. The first-order valence-electron chi connectivity index (χ1n) is 9.74. The number of alkyl halides is 3. The van der Waals surface area contributed by atoms with E-state index in [0.717, 1.165) is 23.6 Å². The number of benzene rings is 2. The number of hydrogen-bond acceptors (Lipinski definition) is 2. The van der Waals surface area contributed by atoms with Gasteiger partial charge in [0.15, 0.2) is 0 Å². The molecule has 0 atom stereocenters. The first-order valence-corrected chi connectivity index (χ1v) is 10.1. The summed E-state index contributed by atoms with van der Waals surface area (Å²) in [5.74, 6) is -1.32. The lowest BCUT2D eigenvalue weighted by Gasteiger charge is -2.40. The second-order valence-corrected chi connectivity index (χ2v) is 8.34. The van der Waals surface area contributed by atoms with Gasteiger partial charge in [0.2, 0.25) is 0 Å². The Balaban J connectivity index is 1.41. The Bertz CT molecular complexity index is 981. The maximum absolute atomic E-state index is 13.0. The highest BCUT2D eigenvalue weighted by molar-refractivity contribution is 6.39. The van der Waals surface area contributed by atoms with E-state index in [1.54, 1.807) is 30.3 Å². The number of carbonyl (C=O) groups excluding carboxylic acids is 2. The number of rotatable bonds is 1. The van der Waals surface area contributed by atoms with Crippen molar-refractivity contribution in [2.75, 3.05) is 18.4 Å². The Labute approximate surface area is 177 Å². The number of carbonyl (C=O) groups is 2. The van der Waals surface area contributed by atoms with Crippen molar-refractivity contribution in [3.8, 4) is 0 Å². The lowest BCUT2D eigenvalue weighted by Crippen LogP contribution is -2.48. The average Bonchev–Trinajstić information content (AvgIpc) is 3.07. The Morgan fingerprint density at radius 3 is 2.30 bits per heavy atom. The molecule has 2 aromatic carbocycles. The van der Waals surface area contributed by atoms with Crippen molar-refractivity contribution in [3.63, 3.8) is 0 Å². The third-order valence-electron chi connectivity index (χ3n) is 6.18. The number of piperidine rings is 1. The predicted octanol–water partition coefficient (Wildman–Crippen LogP) is 4.80. The fourth-order valence-electron chi connectivity index (χ4n) is 4.52. The minimum atomic E-state index is -4.35. The van der Waals surface area contributed by atoms with Gasteiger partial charge in [0.25, 0.3) is 0 Å². The smallest absolute Gasteiger partial charge is 0.334 e. The second kappa shape index (κ2) is 7.61. The summed E-state index contributed by atoms with van der Waals surface area (Å²) in [5, 5.41) is 3.10. The number of likely N-dealkylation sites (tertiary alicyclic amines) is 1. The Kier molecular flexibility index (Phi) is 5.26. The van der Waals surface area contributed by atoms with Gasteiger partial charge in [-0.3, -0.25) is 9.59 Å². The summed E-state index contributed by atoms with van der Waals surface area (Å²) < 4.78 is 39.0. The Morgan fingerprint density at radius 1 is 1.00 bits per heavy atom. The zero-order chi connectivity index (χ0) is 21.5. The van der Waals surface area contributed by atoms with E-state index in [1.807, 2.05) is 0 Å². The summed E-state index contributed by atoms with van der Waals surface area (Å²) in [6.07, 6.45) is -1.72. The van der Waals surface area contributed by atoms with E-state index in [4.69, 9.17) is 11.6 Å². The predicted molar refractivity (Wildman–Crippen MR) is 107 cm³/mol. The monoisotopic (exact) mass is 436 g/mol. The third-order valence-corrected chi connectivity index (χ3v) is 6.43. The summed E-state index contributed by atoms with van der Waals surface area (Å²) in [5.41, 5.74) is 1.34. The summed E-state index contributed by atoms with van der Waals surface area (Å²) in [4.78, 5) is 26.3. The fraction of sp³-hybridized carbons (Fsp3) is 0.364. The highest BCUT2D eigenvalue weighted by atomic mass is 35.5. The molecule has 0 unspecified atom stereocenters. The number of hydrogen-bond donors (Lipinski definition) is 1. The van der Waals surface area contributed by atoms with Gasteiger partial charge in [-0.15, -0.1) is 0 Å². The van der Waals surface area contributed by atoms with Gasteiger partial charge in [-0.2, -0.15) is 13.2 Å². The highest BCUT2D eigenvalue weighted by Gasteiger charge is 2.43. The van der Waals surface area contributed by atoms with Crippen molar-refractivity contribution in [3.05, 3.63) is 64.2 Å². The van der Waals surface area contributed by atoms with Crippen LogP contribution in [0.3, 0.4) is 0 Å². The molecule has 4 nitrogen and oxygen atoms in total. The molecule has 0 bridgehead atoms. The molecule has 1 fully saturated rings. The molecule has 0 aromatic heterocycles. The van der Waals surface area contributed by atoms with Gasteiger partial charge < -0.3 is 10.2 Å². The molecule has 30 heavy (non-hydrogen) atoms. The van der Waals surface area contributed by atoms with Crippen LogP contribution in [0.2, 0.25) is 5.02 Å². The van der Waals surface area contributed by atoms with Crippen molar-refractivity contribution >= 4 is 29.1 Å². The van der Waals surface area contributed by atoms with E-state index >= 15 is 0 Å². The lowest BCUT2D eigenvalue weighted by atomic mass is 9.73. The summed E-state index contributed by atoms with van der Waals surface area (Å²) in [7, 11) is 0. The molecule has 2 aliphatic rings. The molecule has 4 rings (SSSR count). The summed E-state index contributed by atoms with van der Waals surface area (Å²) in [6.45, 7) is 0.792. The van der Waals surface area contributed by atoms with Gasteiger partial charge in [-0.05, 0) is 78.6 Å². The van der Waals surface area contributed by atoms with Crippen molar-refractivity contribution in [1.29, 1.82) is 0 Å². The molecule has 0 saturated carbocycles. The van der Waals surface area contributed by atoms with Crippen LogP contribution in [-0.4, -0.2) is 29.8 Å². The van der Waals surface area contributed by atoms with Crippen LogP contribution in [0, 0.1) is 0 Å². The molecule has 2 aromatic rings. The van der Waals surface area contributed by atoms with E-state index < -0.39 is 23.6 Å². The van der Waals surface area contributed by atoms with Gasteiger partial charge >= 0.3 is 18.0 Å². The Morgan fingerprint density at radius 2 is 1.67 bits per heavy atom. The Hall–Kier alpha value is -2.54. The summed E-state index contributed by atoms with van der Waals surface area (Å²) >= 11 is 5.82. The molecule has 2 amide bonds. The van der Waals surface area contributed by atoms with E-state index in [1.165, 1.54) is 11.0 Å². The van der Waals surface area contributed by atoms with Gasteiger partial charge in [0.1, 0.15) is 0 Å². The zero-order valence-electron chi connectivity index (χ0n) is 16.1. The van der Waals surface area contributed by atoms with Crippen molar-refractivity contribution < 1.29 is 22.8 Å². The minimum absolute atomic E-state index is 0.219. The normalized spacial score (nSPS) is 17.7. The fourth-order valence-corrected chi connectivity index (χ4v) is 4.65. The quantitative estimate of drug-likeness (QED) is 0.652. The molecule has 8 heteroatoms. The largest absolute Gasteiger partial charge is 0.416 e. The second-order valence-electron chi connectivity index (χ2n) is 7.90. The first kappa shape index (κ1) is 20.7. The van der Waals surface area contributed by atoms with Gasteiger partial charge in [-0.25, -0.2) is 0 Å². The van der Waals surface area contributed by atoms with E-state index in [-0.39, 0.29) is 5.41 Å². The lowest BCUT2D eigenvalue weighted by molar-refractivity contribution is -0.144. The number of halogens is 4. The topological polar surface area (TPSA) is 49.4 Å². The maximum atomic E-state index is 13.0. The van der Waals surface area contributed by atoms with Crippen molar-refractivity contribution in [2.24, 2.45) is 0 Å². The highest BCUT2D eigenvalue weighted by Crippen LogP contribution is 2.47. The van der Waals surface area contributed by atoms with E-state index in [9.17, 15) is 22.8 Å². The number of anilines is 1. The minimum Gasteiger partial charge on any atom is -0.334 e. The van der Waals surface area contributed by atoms with Gasteiger partial charge in [-0.1, -0.05) is 17.7 Å². The van der Waals surface area contributed by atoms with Gasteiger partial charge in [0, 0.05) is 23.8 Å². The zero-order valence-corrected chi connectivity index (χ0v) is 16.8. The third kappa shape index (κ3) is 3.90.